The second kappa shape index (κ2) is 6.00. The highest BCUT2D eigenvalue weighted by molar-refractivity contribution is 5.98. The summed E-state index contributed by atoms with van der Waals surface area (Å²) in [6, 6.07) is 3.08. The fraction of sp³-hybridized carbons (Fsp3) is 0.417. The molecule has 98 valence electrons. The molecule has 6 heteroatoms. The summed E-state index contributed by atoms with van der Waals surface area (Å²) in [5, 5.41) is 0. The molecular formula is C12H17N3O3. The minimum absolute atomic E-state index is 0.122. The number of nitrogen functional groups attached to an aromatic ring is 1. The van der Waals surface area contributed by atoms with Crippen molar-refractivity contribution < 1.29 is 14.3 Å². The summed E-state index contributed by atoms with van der Waals surface area (Å²) in [6.45, 7) is 3.49. The molecule has 1 amide bonds. The minimum atomic E-state index is -0.480. The maximum atomic E-state index is 12.2. The van der Waals surface area contributed by atoms with Crippen molar-refractivity contribution in [2.24, 2.45) is 0 Å². The first kappa shape index (κ1) is 14.0. The van der Waals surface area contributed by atoms with Crippen LogP contribution in [-0.4, -0.2) is 41.5 Å². The third-order valence-corrected chi connectivity index (χ3v) is 2.45. The predicted molar refractivity (Wildman–Crippen MR) is 66.8 cm³/mol. The van der Waals surface area contributed by atoms with Crippen LogP contribution in [0.4, 0.5) is 5.69 Å². The Hall–Kier alpha value is -2.11. The number of methoxy groups -OCH3 is 1. The zero-order chi connectivity index (χ0) is 13.7. The van der Waals surface area contributed by atoms with Crippen LogP contribution >= 0.6 is 0 Å². The van der Waals surface area contributed by atoms with Gasteiger partial charge in [0.25, 0.3) is 5.91 Å². The molecule has 0 aliphatic heterocycles. The summed E-state index contributed by atoms with van der Waals surface area (Å²) in [6.07, 6.45) is 1.49. The minimum Gasteiger partial charge on any atom is -0.468 e. The number of amides is 1. The summed E-state index contributed by atoms with van der Waals surface area (Å²) in [5.41, 5.74) is 6.13. The van der Waals surface area contributed by atoms with Gasteiger partial charge >= 0.3 is 5.97 Å². The molecule has 0 aromatic carbocycles. The summed E-state index contributed by atoms with van der Waals surface area (Å²) < 4.78 is 4.56. The molecule has 0 unspecified atom stereocenters. The zero-order valence-corrected chi connectivity index (χ0v) is 10.7. The van der Waals surface area contributed by atoms with Gasteiger partial charge in [0, 0.05) is 12.2 Å². The summed E-state index contributed by atoms with van der Waals surface area (Å²) in [5.74, 6) is -0.861. The first-order valence-corrected chi connectivity index (χ1v) is 5.55. The van der Waals surface area contributed by atoms with Crippen LogP contribution in [0.25, 0.3) is 0 Å². The largest absolute Gasteiger partial charge is 0.468 e. The van der Waals surface area contributed by atoms with Crippen LogP contribution in [0.1, 0.15) is 24.3 Å². The van der Waals surface area contributed by atoms with Gasteiger partial charge in [-0.25, -0.2) is 4.98 Å². The van der Waals surface area contributed by atoms with E-state index in [4.69, 9.17) is 5.73 Å². The number of carbonyl (C=O) groups is 2. The fourth-order valence-corrected chi connectivity index (χ4v) is 1.42. The van der Waals surface area contributed by atoms with Crippen LogP contribution in [0.5, 0.6) is 0 Å². The highest BCUT2D eigenvalue weighted by Gasteiger charge is 2.24. The standard InChI is InChI=1S/C12H17N3O3/c1-8(2)15(7-10(16)18-3)12(17)11-9(13)5-4-6-14-11/h4-6,8H,7,13H2,1-3H3. The first-order chi connectivity index (χ1) is 8.47. The third-order valence-electron chi connectivity index (χ3n) is 2.45. The van der Waals surface area contributed by atoms with Gasteiger partial charge in [-0.05, 0) is 26.0 Å². The van der Waals surface area contributed by atoms with Crippen molar-refractivity contribution in [1.82, 2.24) is 9.88 Å². The molecule has 0 aliphatic rings. The molecule has 1 heterocycles. The number of nitrogens with two attached hydrogens (primary N) is 1. The maximum absolute atomic E-state index is 12.2. The van der Waals surface area contributed by atoms with Crippen molar-refractivity contribution in [2.75, 3.05) is 19.4 Å². The quantitative estimate of drug-likeness (QED) is 0.796. The number of anilines is 1. The number of ether oxygens (including phenoxy) is 1. The highest BCUT2D eigenvalue weighted by atomic mass is 16.5. The Morgan fingerprint density at radius 1 is 1.50 bits per heavy atom. The van der Waals surface area contributed by atoms with Crippen LogP contribution in [-0.2, 0) is 9.53 Å². The van der Waals surface area contributed by atoms with E-state index in [0.29, 0.717) is 0 Å². The number of carbonyl (C=O) groups excluding carboxylic acids is 2. The van der Waals surface area contributed by atoms with E-state index in [1.165, 1.54) is 18.2 Å². The molecule has 0 saturated heterocycles. The Kier molecular flexibility index (Phi) is 4.65. The Morgan fingerprint density at radius 3 is 2.67 bits per heavy atom. The highest BCUT2D eigenvalue weighted by Crippen LogP contribution is 2.12. The van der Waals surface area contributed by atoms with Crippen LogP contribution < -0.4 is 5.73 Å². The average Bonchev–Trinajstić information content (AvgIpc) is 2.35. The third kappa shape index (κ3) is 3.19. The van der Waals surface area contributed by atoms with E-state index in [2.05, 4.69) is 9.72 Å². The number of pyridine rings is 1. The van der Waals surface area contributed by atoms with Gasteiger partial charge < -0.3 is 15.4 Å². The van der Waals surface area contributed by atoms with Crippen LogP contribution in [0.3, 0.4) is 0 Å². The molecule has 1 aromatic heterocycles. The molecular weight excluding hydrogens is 234 g/mol. The lowest BCUT2D eigenvalue weighted by molar-refractivity contribution is -0.141. The van der Waals surface area contributed by atoms with Crippen LogP contribution in [0.15, 0.2) is 18.3 Å². The lowest BCUT2D eigenvalue weighted by Crippen LogP contribution is -2.41. The van der Waals surface area contributed by atoms with E-state index in [0.717, 1.165) is 0 Å². The maximum Gasteiger partial charge on any atom is 0.325 e. The van der Waals surface area contributed by atoms with E-state index in [1.807, 2.05) is 0 Å². The molecule has 1 aromatic rings. The summed E-state index contributed by atoms with van der Waals surface area (Å²) in [4.78, 5) is 28.8. The van der Waals surface area contributed by atoms with Crippen molar-refractivity contribution in [3.8, 4) is 0 Å². The first-order valence-electron chi connectivity index (χ1n) is 5.55. The van der Waals surface area contributed by atoms with Gasteiger partial charge in [0.2, 0.25) is 0 Å². The molecule has 18 heavy (non-hydrogen) atoms. The van der Waals surface area contributed by atoms with Gasteiger partial charge in [-0.1, -0.05) is 0 Å². The smallest absolute Gasteiger partial charge is 0.325 e. The van der Waals surface area contributed by atoms with Crippen LogP contribution in [0, 0.1) is 0 Å². The average molecular weight is 251 g/mol. The number of hydrogen-bond acceptors (Lipinski definition) is 5. The molecule has 0 aliphatic carbocycles. The second-order valence-corrected chi connectivity index (χ2v) is 4.04. The number of esters is 1. The Labute approximate surface area is 106 Å². The normalized spacial score (nSPS) is 10.2. The van der Waals surface area contributed by atoms with E-state index >= 15 is 0 Å². The Morgan fingerprint density at radius 2 is 2.17 bits per heavy atom. The SMILES string of the molecule is COC(=O)CN(C(=O)c1ncccc1N)C(C)C. The summed E-state index contributed by atoms with van der Waals surface area (Å²) in [7, 11) is 1.28. The number of nitrogens with zero attached hydrogens (tertiary/aromatic N) is 2. The van der Waals surface area contributed by atoms with Gasteiger partial charge in [0.15, 0.2) is 5.69 Å². The van der Waals surface area contributed by atoms with E-state index in [9.17, 15) is 9.59 Å². The molecule has 6 nitrogen and oxygen atoms in total. The van der Waals surface area contributed by atoms with Crippen molar-refractivity contribution in [3.63, 3.8) is 0 Å². The summed E-state index contributed by atoms with van der Waals surface area (Å²) >= 11 is 0. The predicted octanol–water partition coefficient (Wildman–Crippen LogP) is 0.687. The zero-order valence-electron chi connectivity index (χ0n) is 10.7. The molecule has 2 N–H and O–H groups in total. The number of hydrogen-bond donors (Lipinski definition) is 1. The van der Waals surface area contributed by atoms with Crippen molar-refractivity contribution >= 4 is 17.6 Å². The van der Waals surface area contributed by atoms with Gasteiger partial charge in [0.05, 0.1) is 12.8 Å². The monoisotopic (exact) mass is 251 g/mol. The number of aromatic nitrogens is 1. The topological polar surface area (TPSA) is 85.5 Å². The van der Waals surface area contributed by atoms with Gasteiger partial charge in [0.1, 0.15) is 6.54 Å². The fourth-order valence-electron chi connectivity index (χ4n) is 1.42. The molecule has 0 atom stereocenters. The molecule has 1 rings (SSSR count). The molecule has 0 fully saturated rings. The molecule has 0 spiro atoms. The Balaban J connectivity index is 2.97. The lowest BCUT2D eigenvalue weighted by Gasteiger charge is -2.25. The van der Waals surface area contributed by atoms with Gasteiger partial charge in [-0.2, -0.15) is 0 Å². The Bertz CT molecular complexity index is 446. The number of rotatable bonds is 4. The second-order valence-electron chi connectivity index (χ2n) is 4.04. The van der Waals surface area contributed by atoms with Gasteiger partial charge in [-0.3, -0.25) is 9.59 Å². The van der Waals surface area contributed by atoms with E-state index in [1.54, 1.807) is 26.0 Å². The molecule has 0 radical (unpaired) electrons. The van der Waals surface area contributed by atoms with Crippen molar-refractivity contribution in [2.45, 2.75) is 19.9 Å². The van der Waals surface area contributed by atoms with Crippen LogP contribution in [0.2, 0.25) is 0 Å². The molecule has 0 bridgehead atoms. The van der Waals surface area contributed by atoms with E-state index in [-0.39, 0.29) is 29.9 Å². The van der Waals surface area contributed by atoms with Crippen molar-refractivity contribution in [3.05, 3.63) is 24.0 Å². The van der Waals surface area contributed by atoms with Crippen molar-refractivity contribution in [1.29, 1.82) is 0 Å². The molecule has 0 saturated carbocycles. The lowest BCUT2D eigenvalue weighted by atomic mass is 10.2. The van der Waals surface area contributed by atoms with Gasteiger partial charge in [-0.15, -0.1) is 0 Å². The van der Waals surface area contributed by atoms with E-state index < -0.39 is 5.97 Å².